The van der Waals surface area contributed by atoms with Crippen molar-refractivity contribution in [1.29, 1.82) is 0 Å². The fourth-order valence-corrected chi connectivity index (χ4v) is 5.48. The van der Waals surface area contributed by atoms with Crippen LogP contribution < -0.4 is 5.32 Å². The Morgan fingerprint density at radius 3 is 2.39 bits per heavy atom. The molecule has 3 rings (SSSR count). The molecule has 10 atom stereocenters. The molecule has 1 aromatic carbocycles. The number of carbonyl (C=O) groups excluding carboxylic acids is 1. The summed E-state index contributed by atoms with van der Waals surface area (Å²) in [6, 6.07) is 10.4. The molecular formula is C29H47NO8. The molecule has 2 aliphatic rings. The van der Waals surface area contributed by atoms with E-state index in [9.17, 15) is 9.90 Å². The molecule has 9 heteroatoms. The highest BCUT2D eigenvalue weighted by molar-refractivity contribution is 5.65. The fourth-order valence-electron chi connectivity index (χ4n) is 5.48. The second-order valence-electron chi connectivity index (χ2n) is 10.5. The minimum Gasteiger partial charge on any atom is -0.463 e. The molecule has 0 aromatic heterocycles. The number of hydrogen-bond acceptors (Lipinski definition) is 9. The Bertz CT molecular complexity index is 826. The zero-order chi connectivity index (χ0) is 27.7. The normalized spacial score (nSPS) is 35.7. The summed E-state index contributed by atoms with van der Waals surface area (Å²) in [6.45, 7) is 7.80. The van der Waals surface area contributed by atoms with Crippen molar-refractivity contribution in [2.24, 2.45) is 11.8 Å². The highest BCUT2D eigenvalue weighted by atomic mass is 16.7. The molecule has 2 aliphatic heterocycles. The van der Waals surface area contributed by atoms with Gasteiger partial charge in [0.1, 0.15) is 18.8 Å². The van der Waals surface area contributed by atoms with Crippen molar-refractivity contribution in [3.8, 4) is 0 Å². The van der Waals surface area contributed by atoms with Crippen LogP contribution in [0.3, 0.4) is 0 Å². The number of aryl methyl sites for hydroxylation is 1. The van der Waals surface area contributed by atoms with Crippen molar-refractivity contribution in [2.75, 3.05) is 27.4 Å². The van der Waals surface area contributed by atoms with E-state index in [1.165, 1.54) is 12.5 Å². The summed E-state index contributed by atoms with van der Waals surface area (Å²) in [4.78, 5) is 11.6. The Hall–Kier alpha value is -1.59. The monoisotopic (exact) mass is 537 g/mol. The van der Waals surface area contributed by atoms with E-state index in [2.05, 4.69) is 36.5 Å². The standard InChI is InChI=1S/C29H47NO8/c1-18-24(30-5)29(34-16-12-8-11-15-22-13-9-7-10-14-22)37-23(17-35-21(4)31)26(18)38-28-19(2)27(33-6)25(32)20(3)36-28/h7,9-10,13-14,18-20,23-30,32H,8,11-12,15-17H2,1-6H3/t18-,19+,20?,23?,24?,25-,26+,27?,28+,29-/m1/s1. The van der Waals surface area contributed by atoms with Gasteiger partial charge in [-0.05, 0) is 38.8 Å². The number of aliphatic hydroxyl groups excluding tert-OH is 1. The van der Waals surface area contributed by atoms with Gasteiger partial charge in [-0.2, -0.15) is 0 Å². The van der Waals surface area contributed by atoms with Gasteiger partial charge in [0.05, 0.1) is 24.4 Å². The van der Waals surface area contributed by atoms with Crippen molar-refractivity contribution < 1.29 is 38.3 Å². The molecule has 1 aromatic rings. The van der Waals surface area contributed by atoms with Gasteiger partial charge in [0.2, 0.25) is 0 Å². The second kappa shape index (κ2) is 15.3. The lowest BCUT2D eigenvalue weighted by molar-refractivity contribution is -0.330. The number of methoxy groups -OCH3 is 1. The molecule has 38 heavy (non-hydrogen) atoms. The predicted octanol–water partition coefficient (Wildman–Crippen LogP) is 3.07. The van der Waals surface area contributed by atoms with E-state index in [4.69, 9.17) is 28.4 Å². The van der Waals surface area contributed by atoms with Gasteiger partial charge >= 0.3 is 5.97 Å². The minimum absolute atomic E-state index is 0.0451. The van der Waals surface area contributed by atoms with Crippen molar-refractivity contribution in [2.45, 2.75) is 103 Å². The summed E-state index contributed by atoms with van der Waals surface area (Å²) in [6.07, 6.45) is 0.415. The maximum absolute atomic E-state index is 11.6. The smallest absolute Gasteiger partial charge is 0.302 e. The van der Waals surface area contributed by atoms with Crippen molar-refractivity contribution in [1.82, 2.24) is 5.32 Å². The van der Waals surface area contributed by atoms with E-state index in [1.54, 1.807) is 14.0 Å². The first kappa shape index (κ1) is 30.9. The molecular weight excluding hydrogens is 490 g/mol. The number of nitrogens with one attached hydrogen (secondary N) is 1. The van der Waals surface area contributed by atoms with Crippen molar-refractivity contribution in [3.63, 3.8) is 0 Å². The zero-order valence-electron chi connectivity index (χ0n) is 23.7. The lowest BCUT2D eigenvalue weighted by Crippen LogP contribution is -2.62. The molecule has 216 valence electrons. The predicted molar refractivity (Wildman–Crippen MR) is 142 cm³/mol. The van der Waals surface area contributed by atoms with Gasteiger partial charge in [-0.3, -0.25) is 4.79 Å². The first-order valence-corrected chi connectivity index (χ1v) is 13.9. The Balaban J connectivity index is 1.60. The summed E-state index contributed by atoms with van der Waals surface area (Å²) in [5, 5.41) is 13.8. The third kappa shape index (κ3) is 8.21. The van der Waals surface area contributed by atoms with Crippen LogP contribution in [0, 0.1) is 11.8 Å². The van der Waals surface area contributed by atoms with Gasteiger partial charge in [0.25, 0.3) is 0 Å². The van der Waals surface area contributed by atoms with Gasteiger partial charge in [-0.25, -0.2) is 0 Å². The molecule has 0 radical (unpaired) electrons. The van der Waals surface area contributed by atoms with Crippen LogP contribution in [0.1, 0.15) is 52.5 Å². The molecule has 9 nitrogen and oxygen atoms in total. The first-order chi connectivity index (χ1) is 18.3. The summed E-state index contributed by atoms with van der Waals surface area (Å²) < 4.78 is 36.0. The molecule has 0 saturated carbocycles. The number of carbonyl (C=O) groups is 1. The Morgan fingerprint density at radius 2 is 1.74 bits per heavy atom. The quantitative estimate of drug-likeness (QED) is 0.290. The van der Waals surface area contributed by atoms with Gasteiger partial charge in [0.15, 0.2) is 12.6 Å². The van der Waals surface area contributed by atoms with Crippen molar-refractivity contribution >= 4 is 5.97 Å². The fraction of sp³-hybridized carbons (Fsp3) is 0.759. The number of rotatable bonds is 13. The van der Waals surface area contributed by atoms with Crippen LogP contribution in [0.5, 0.6) is 0 Å². The van der Waals surface area contributed by atoms with E-state index in [0.29, 0.717) is 6.61 Å². The average molecular weight is 538 g/mol. The zero-order valence-corrected chi connectivity index (χ0v) is 23.7. The average Bonchev–Trinajstić information content (AvgIpc) is 2.90. The second-order valence-corrected chi connectivity index (χ2v) is 10.5. The molecule has 0 amide bonds. The summed E-state index contributed by atoms with van der Waals surface area (Å²) in [7, 11) is 3.46. The number of benzene rings is 1. The van der Waals surface area contributed by atoms with E-state index in [0.717, 1.165) is 25.7 Å². The van der Waals surface area contributed by atoms with Crippen molar-refractivity contribution in [3.05, 3.63) is 35.9 Å². The van der Waals surface area contributed by atoms with E-state index >= 15 is 0 Å². The molecule has 2 heterocycles. The largest absolute Gasteiger partial charge is 0.463 e. The lowest BCUT2D eigenvalue weighted by Gasteiger charge is -2.48. The number of likely N-dealkylation sites (N-methyl/N-ethyl adjacent to an activating group) is 1. The SMILES string of the molecule is CNC1[C@H](OCCCCCc2ccccc2)OC(COC(C)=O)[C@@H](O[C@@H]2OC(C)[C@@H](O)C(OC)[C@@H]2C)[C@@H]1C. The minimum atomic E-state index is -0.748. The number of aliphatic hydroxyl groups is 1. The molecule has 0 bridgehead atoms. The number of ether oxygens (including phenoxy) is 6. The Labute approximate surface area is 227 Å². The van der Waals surface area contributed by atoms with E-state index in [1.807, 2.05) is 20.0 Å². The summed E-state index contributed by atoms with van der Waals surface area (Å²) in [5.74, 6) is -0.646. The third-order valence-corrected chi connectivity index (χ3v) is 7.75. The van der Waals surface area contributed by atoms with Gasteiger partial charge in [-0.1, -0.05) is 50.6 Å². The van der Waals surface area contributed by atoms with E-state index in [-0.39, 0.29) is 30.5 Å². The maximum Gasteiger partial charge on any atom is 0.302 e. The van der Waals surface area contributed by atoms with Crippen LogP contribution in [0.25, 0.3) is 0 Å². The molecule has 2 saturated heterocycles. The van der Waals surface area contributed by atoms with Crippen LogP contribution in [-0.4, -0.2) is 87.6 Å². The third-order valence-electron chi connectivity index (χ3n) is 7.75. The topological polar surface area (TPSA) is 105 Å². The Kier molecular flexibility index (Phi) is 12.4. The molecule has 2 N–H and O–H groups in total. The molecule has 0 spiro atoms. The molecule has 4 unspecified atom stereocenters. The number of esters is 1. The highest BCUT2D eigenvalue weighted by Gasteiger charge is 2.49. The van der Waals surface area contributed by atoms with Crippen LogP contribution in [0.4, 0.5) is 0 Å². The van der Waals surface area contributed by atoms with Gasteiger partial charge < -0.3 is 38.8 Å². The number of unbranched alkanes of at least 4 members (excludes halogenated alkanes) is 2. The first-order valence-electron chi connectivity index (χ1n) is 13.9. The lowest BCUT2D eigenvalue weighted by atomic mass is 9.87. The maximum atomic E-state index is 11.6. The van der Waals surface area contributed by atoms with Crippen LogP contribution in [0.2, 0.25) is 0 Å². The van der Waals surface area contributed by atoms with Crippen LogP contribution in [0.15, 0.2) is 30.3 Å². The molecule has 0 aliphatic carbocycles. The Morgan fingerprint density at radius 1 is 1.00 bits per heavy atom. The van der Waals surface area contributed by atoms with Gasteiger partial charge in [0, 0.05) is 32.5 Å². The van der Waals surface area contributed by atoms with Crippen LogP contribution in [-0.2, 0) is 39.6 Å². The van der Waals surface area contributed by atoms with Gasteiger partial charge in [-0.15, -0.1) is 0 Å². The molecule has 2 fully saturated rings. The van der Waals surface area contributed by atoms with E-state index < -0.39 is 43.1 Å². The summed E-state index contributed by atoms with van der Waals surface area (Å²) >= 11 is 0. The highest BCUT2D eigenvalue weighted by Crippen LogP contribution is 2.35. The summed E-state index contributed by atoms with van der Waals surface area (Å²) in [5.41, 5.74) is 1.35. The van der Waals surface area contributed by atoms with Crippen LogP contribution >= 0.6 is 0 Å². The number of hydrogen-bond donors (Lipinski definition) is 2.